The lowest BCUT2D eigenvalue weighted by atomic mass is 10.3. The number of nitrogens with one attached hydrogen (secondary N) is 2. The Hall–Kier alpha value is -1.42. The SMILES string of the molecule is CCCNCC(=O)Nc1ccnc(C)c1. The molecule has 0 spiro atoms. The lowest BCUT2D eigenvalue weighted by molar-refractivity contribution is -0.115. The van der Waals surface area contributed by atoms with E-state index in [4.69, 9.17) is 0 Å². The number of aryl methyl sites for hydroxylation is 1. The molecule has 15 heavy (non-hydrogen) atoms. The quantitative estimate of drug-likeness (QED) is 0.716. The Morgan fingerprint density at radius 2 is 2.33 bits per heavy atom. The van der Waals surface area contributed by atoms with Gasteiger partial charge in [0.2, 0.25) is 5.91 Å². The van der Waals surface area contributed by atoms with Gasteiger partial charge in [-0.2, -0.15) is 0 Å². The van der Waals surface area contributed by atoms with E-state index >= 15 is 0 Å². The summed E-state index contributed by atoms with van der Waals surface area (Å²) in [7, 11) is 0. The molecule has 0 saturated heterocycles. The van der Waals surface area contributed by atoms with Gasteiger partial charge in [0.1, 0.15) is 0 Å². The molecular formula is C11H17N3O. The molecule has 4 nitrogen and oxygen atoms in total. The molecule has 1 heterocycles. The number of nitrogens with zero attached hydrogens (tertiary/aromatic N) is 1. The van der Waals surface area contributed by atoms with Crippen molar-refractivity contribution in [2.45, 2.75) is 20.3 Å². The van der Waals surface area contributed by atoms with E-state index in [1.54, 1.807) is 12.3 Å². The van der Waals surface area contributed by atoms with E-state index in [0.29, 0.717) is 6.54 Å². The first-order valence-electron chi connectivity index (χ1n) is 5.15. The lowest BCUT2D eigenvalue weighted by Gasteiger charge is -2.06. The standard InChI is InChI=1S/C11H17N3O/c1-3-5-12-8-11(15)14-10-4-6-13-9(2)7-10/h4,6-7,12H,3,5,8H2,1-2H3,(H,13,14,15). The summed E-state index contributed by atoms with van der Waals surface area (Å²) in [5.41, 5.74) is 1.69. The van der Waals surface area contributed by atoms with E-state index in [-0.39, 0.29) is 5.91 Å². The first-order valence-corrected chi connectivity index (χ1v) is 5.15. The fraction of sp³-hybridized carbons (Fsp3) is 0.455. The zero-order valence-corrected chi connectivity index (χ0v) is 9.21. The molecule has 0 fully saturated rings. The van der Waals surface area contributed by atoms with E-state index in [9.17, 15) is 4.79 Å². The fourth-order valence-corrected chi connectivity index (χ4v) is 1.21. The summed E-state index contributed by atoms with van der Waals surface area (Å²) in [4.78, 5) is 15.5. The minimum Gasteiger partial charge on any atom is -0.325 e. The van der Waals surface area contributed by atoms with Gasteiger partial charge in [-0.3, -0.25) is 9.78 Å². The van der Waals surface area contributed by atoms with Crippen LogP contribution in [0.5, 0.6) is 0 Å². The number of hydrogen-bond acceptors (Lipinski definition) is 3. The summed E-state index contributed by atoms with van der Waals surface area (Å²) in [6.45, 7) is 5.18. The molecule has 4 heteroatoms. The van der Waals surface area contributed by atoms with Crippen molar-refractivity contribution in [2.24, 2.45) is 0 Å². The van der Waals surface area contributed by atoms with Crippen LogP contribution in [0.25, 0.3) is 0 Å². The highest BCUT2D eigenvalue weighted by Gasteiger charge is 2.00. The van der Waals surface area contributed by atoms with E-state index in [0.717, 1.165) is 24.3 Å². The Kier molecular flexibility index (Phi) is 4.77. The van der Waals surface area contributed by atoms with Crippen LogP contribution >= 0.6 is 0 Å². The van der Waals surface area contributed by atoms with Crippen molar-refractivity contribution < 1.29 is 4.79 Å². The topological polar surface area (TPSA) is 54.0 Å². The zero-order valence-electron chi connectivity index (χ0n) is 9.21. The van der Waals surface area contributed by atoms with Gasteiger partial charge in [0.25, 0.3) is 0 Å². The minimum absolute atomic E-state index is 0.0194. The van der Waals surface area contributed by atoms with Crippen LogP contribution in [0.15, 0.2) is 18.3 Å². The van der Waals surface area contributed by atoms with Gasteiger partial charge >= 0.3 is 0 Å². The largest absolute Gasteiger partial charge is 0.325 e. The molecule has 1 aromatic heterocycles. The van der Waals surface area contributed by atoms with Gasteiger partial charge in [-0.25, -0.2) is 0 Å². The highest BCUT2D eigenvalue weighted by Crippen LogP contribution is 2.06. The van der Waals surface area contributed by atoms with E-state index in [2.05, 4.69) is 22.5 Å². The predicted octanol–water partition coefficient (Wildman–Crippen LogP) is 1.33. The first-order chi connectivity index (χ1) is 7.22. The average molecular weight is 207 g/mol. The van der Waals surface area contributed by atoms with Gasteiger partial charge in [0.05, 0.1) is 6.54 Å². The van der Waals surface area contributed by atoms with Crippen LogP contribution in [0.2, 0.25) is 0 Å². The predicted molar refractivity (Wildman–Crippen MR) is 60.8 cm³/mol. The number of hydrogen-bond donors (Lipinski definition) is 2. The maximum Gasteiger partial charge on any atom is 0.238 e. The Balaban J connectivity index is 2.37. The summed E-state index contributed by atoms with van der Waals surface area (Å²) in [5.74, 6) is -0.0194. The van der Waals surface area contributed by atoms with Crippen molar-refractivity contribution in [3.63, 3.8) is 0 Å². The second-order valence-electron chi connectivity index (χ2n) is 3.41. The molecule has 1 rings (SSSR count). The maximum absolute atomic E-state index is 11.4. The number of carbonyl (C=O) groups excluding carboxylic acids is 1. The Morgan fingerprint density at radius 1 is 1.53 bits per heavy atom. The second kappa shape index (κ2) is 6.14. The number of anilines is 1. The fourth-order valence-electron chi connectivity index (χ4n) is 1.21. The number of amides is 1. The third-order valence-electron chi connectivity index (χ3n) is 1.89. The van der Waals surface area contributed by atoms with Crippen LogP contribution in [0.4, 0.5) is 5.69 Å². The molecule has 1 amide bonds. The minimum atomic E-state index is -0.0194. The van der Waals surface area contributed by atoms with Gasteiger partial charge < -0.3 is 10.6 Å². The molecule has 0 saturated carbocycles. The van der Waals surface area contributed by atoms with Crippen LogP contribution in [0, 0.1) is 6.92 Å². The van der Waals surface area contributed by atoms with Crippen LogP contribution in [0.3, 0.4) is 0 Å². The molecule has 0 unspecified atom stereocenters. The molecule has 0 radical (unpaired) electrons. The van der Waals surface area contributed by atoms with Crippen LogP contribution in [-0.4, -0.2) is 24.0 Å². The number of rotatable bonds is 5. The Bertz CT molecular complexity index is 325. The van der Waals surface area contributed by atoms with Crippen molar-refractivity contribution in [2.75, 3.05) is 18.4 Å². The lowest BCUT2D eigenvalue weighted by Crippen LogP contribution is -2.28. The van der Waals surface area contributed by atoms with Crippen LogP contribution in [0.1, 0.15) is 19.0 Å². The zero-order chi connectivity index (χ0) is 11.1. The number of aromatic nitrogens is 1. The molecule has 0 aliphatic rings. The highest BCUT2D eigenvalue weighted by atomic mass is 16.1. The molecule has 0 atom stereocenters. The molecule has 0 aromatic carbocycles. The van der Waals surface area contributed by atoms with Crippen LogP contribution in [-0.2, 0) is 4.79 Å². The summed E-state index contributed by atoms with van der Waals surface area (Å²) in [5, 5.41) is 5.84. The summed E-state index contributed by atoms with van der Waals surface area (Å²) in [6, 6.07) is 3.63. The Morgan fingerprint density at radius 3 is 3.00 bits per heavy atom. The summed E-state index contributed by atoms with van der Waals surface area (Å²) >= 11 is 0. The smallest absolute Gasteiger partial charge is 0.238 e. The van der Waals surface area contributed by atoms with Crippen molar-refractivity contribution in [3.05, 3.63) is 24.0 Å². The van der Waals surface area contributed by atoms with Crippen molar-refractivity contribution >= 4 is 11.6 Å². The molecule has 0 aliphatic heterocycles. The normalized spacial score (nSPS) is 10.0. The molecule has 82 valence electrons. The highest BCUT2D eigenvalue weighted by molar-refractivity contribution is 5.92. The molecule has 0 aliphatic carbocycles. The van der Waals surface area contributed by atoms with Gasteiger partial charge in [-0.1, -0.05) is 6.92 Å². The molecule has 1 aromatic rings. The Labute approximate surface area is 90.1 Å². The molecule has 0 bridgehead atoms. The third kappa shape index (κ3) is 4.56. The third-order valence-corrected chi connectivity index (χ3v) is 1.89. The second-order valence-corrected chi connectivity index (χ2v) is 3.41. The number of carbonyl (C=O) groups is 1. The van der Waals surface area contributed by atoms with Gasteiger partial charge in [0.15, 0.2) is 0 Å². The average Bonchev–Trinajstić information content (AvgIpc) is 2.18. The van der Waals surface area contributed by atoms with E-state index in [1.165, 1.54) is 0 Å². The van der Waals surface area contributed by atoms with Crippen molar-refractivity contribution in [1.29, 1.82) is 0 Å². The van der Waals surface area contributed by atoms with E-state index in [1.807, 2.05) is 13.0 Å². The summed E-state index contributed by atoms with van der Waals surface area (Å²) < 4.78 is 0. The van der Waals surface area contributed by atoms with Crippen molar-refractivity contribution in [3.8, 4) is 0 Å². The van der Waals surface area contributed by atoms with Gasteiger partial charge in [-0.05, 0) is 32.0 Å². The molecule has 2 N–H and O–H groups in total. The first kappa shape index (κ1) is 11.7. The van der Waals surface area contributed by atoms with Gasteiger partial charge in [-0.15, -0.1) is 0 Å². The summed E-state index contributed by atoms with van der Waals surface area (Å²) in [6.07, 6.45) is 2.71. The number of pyridine rings is 1. The van der Waals surface area contributed by atoms with E-state index < -0.39 is 0 Å². The molecular weight excluding hydrogens is 190 g/mol. The van der Waals surface area contributed by atoms with Gasteiger partial charge in [0, 0.05) is 17.6 Å². The van der Waals surface area contributed by atoms with Crippen LogP contribution < -0.4 is 10.6 Å². The maximum atomic E-state index is 11.4. The monoisotopic (exact) mass is 207 g/mol. The van der Waals surface area contributed by atoms with Crippen molar-refractivity contribution in [1.82, 2.24) is 10.3 Å².